The molecule has 0 saturated carbocycles. The number of para-hydroxylation sites is 1. The number of carbonyl (C=O) groups excluding carboxylic acids is 2. The van der Waals surface area contributed by atoms with E-state index >= 15 is 0 Å². The second kappa shape index (κ2) is 7.02. The fourth-order valence-electron chi connectivity index (χ4n) is 2.98. The van der Waals surface area contributed by atoms with Crippen LogP contribution in [0, 0.1) is 16.0 Å². The van der Waals surface area contributed by atoms with E-state index in [0.29, 0.717) is 7.05 Å². The van der Waals surface area contributed by atoms with Crippen molar-refractivity contribution < 1.29 is 37.5 Å². The molecular formula is C15H16F3N3O6. The van der Waals surface area contributed by atoms with Gasteiger partial charge in [0, 0.05) is 13.1 Å². The summed E-state index contributed by atoms with van der Waals surface area (Å²) in [6.07, 6.45) is -5.45. The third-order valence-electron chi connectivity index (χ3n) is 4.29. The lowest BCUT2D eigenvalue weighted by Crippen LogP contribution is -2.73. The van der Waals surface area contributed by atoms with Gasteiger partial charge in [-0.15, -0.1) is 0 Å². The number of esters is 1. The summed E-state index contributed by atoms with van der Waals surface area (Å²) in [7, 11) is 0.657. The number of benzene rings is 1. The zero-order chi connectivity index (χ0) is 20.6. The minimum Gasteiger partial charge on any atom is -0.466 e. The van der Waals surface area contributed by atoms with E-state index < -0.39 is 46.5 Å². The van der Waals surface area contributed by atoms with Crippen LogP contribution in [0.5, 0.6) is 0 Å². The third-order valence-corrected chi connectivity index (χ3v) is 4.29. The van der Waals surface area contributed by atoms with Gasteiger partial charge in [-0.25, -0.2) is 4.79 Å². The van der Waals surface area contributed by atoms with Gasteiger partial charge in [0.25, 0.3) is 11.4 Å². The quantitative estimate of drug-likeness (QED) is 0.458. The number of nitro benzene ring substituents is 1. The largest absolute Gasteiger partial charge is 0.466 e. The Balaban J connectivity index is 2.73. The molecule has 0 spiro atoms. The van der Waals surface area contributed by atoms with Crippen LogP contribution in [0.25, 0.3) is 0 Å². The molecule has 0 unspecified atom stereocenters. The fourth-order valence-corrected chi connectivity index (χ4v) is 2.98. The molecule has 27 heavy (non-hydrogen) atoms. The van der Waals surface area contributed by atoms with E-state index in [-0.39, 0.29) is 17.1 Å². The number of halogens is 3. The van der Waals surface area contributed by atoms with E-state index in [1.807, 2.05) is 0 Å². The van der Waals surface area contributed by atoms with E-state index in [2.05, 4.69) is 10.1 Å². The monoisotopic (exact) mass is 391 g/mol. The Morgan fingerprint density at radius 2 is 2.04 bits per heavy atom. The standard InChI is InChI=1S/C15H16F3N3O6/c1-3-27-12(22)10-11(8-6-4-5-7-9(8)21(25)26)19-13(23)20(2)14(10,24)15(16,17)18/h4-7,10-11,24H,3H2,1-2H3,(H,19,23)/t10-,11+,14-/m0/s1. The first-order valence-corrected chi connectivity index (χ1v) is 7.70. The van der Waals surface area contributed by atoms with Crippen molar-refractivity contribution in [2.45, 2.75) is 24.9 Å². The van der Waals surface area contributed by atoms with Crippen LogP contribution >= 0.6 is 0 Å². The predicted octanol–water partition coefficient (Wildman–Crippen LogP) is 1.72. The first-order chi connectivity index (χ1) is 12.5. The molecule has 1 fully saturated rings. The summed E-state index contributed by atoms with van der Waals surface area (Å²) in [5, 5.41) is 23.8. The first-order valence-electron chi connectivity index (χ1n) is 7.70. The van der Waals surface area contributed by atoms with Crippen LogP contribution in [-0.4, -0.2) is 52.5 Å². The summed E-state index contributed by atoms with van der Waals surface area (Å²) in [6.45, 7) is 1.04. The summed E-state index contributed by atoms with van der Waals surface area (Å²) in [5.41, 5.74) is -4.92. The van der Waals surface area contributed by atoms with E-state index in [0.717, 1.165) is 12.1 Å². The number of urea groups is 1. The number of aliphatic hydroxyl groups is 1. The minimum atomic E-state index is -5.45. The molecule has 1 heterocycles. The summed E-state index contributed by atoms with van der Waals surface area (Å²) in [6, 6.07) is 1.46. The number of nitrogens with zero attached hydrogens (tertiary/aromatic N) is 2. The molecule has 0 bridgehead atoms. The van der Waals surface area contributed by atoms with Gasteiger partial charge in [-0.1, -0.05) is 18.2 Å². The van der Waals surface area contributed by atoms with Crippen LogP contribution in [0.1, 0.15) is 18.5 Å². The number of amides is 2. The normalized spacial score (nSPS) is 25.7. The molecule has 2 amide bonds. The van der Waals surface area contributed by atoms with Gasteiger partial charge in [-0.05, 0) is 6.92 Å². The van der Waals surface area contributed by atoms with Gasteiger partial charge in [-0.3, -0.25) is 19.8 Å². The highest BCUT2D eigenvalue weighted by Crippen LogP contribution is 2.48. The van der Waals surface area contributed by atoms with Crippen LogP contribution in [-0.2, 0) is 9.53 Å². The Morgan fingerprint density at radius 1 is 1.44 bits per heavy atom. The number of carbonyl (C=O) groups is 2. The highest BCUT2D eigenvalue weighted by Gasteiger charge is 2.70. The molecule has 0 aromatic heterocycles. The van der Waals surface area contributed by atoms with Gasteiger partial charge < -0.3 is 15.2 Å². The van der Waals surface area contributed by atoms with Crippen molar-refractivity contribution in [1.82, 2.24) is 10.2 Å². The zero-order valence-electron chi connectivity index (χ0n) is 14.2. The van der Waals surface area contributed by atoms with Crippen LogP contribution in [0.2, 0.25) is 0 Å². The molecule has 3 atom stereocenters. The number of hydrogen-bond acceptors (Lipinski definition) is 6. The molecule has 1 aromatic carbocycles. The second-order valence-corrected chi connectivity index (χ2v) is 5.76. The number of hydrogen-bond donors (Lipinski definition) is 2. The highest BCUT2D eigenvalue weighted by atomic mass is 19.4. The van der Waals surface area contributed by atoms with Gasteiger partial charge in [-0.2, -0.15) is 13.2 Å². The Morgan fingerprint density at radius 3 is 2.56 bits per heavy atom. The Kier molecular flexibility index (Phi) is 5.31. The average Bonchev–Trinajstić information content (AvgIpc) is 2.58. The maximum Gasteiger partial charge on any atom is 0.437 e. The smallest absolute Gasteiger partial charge is 0.437 e. The molecule has 9 nitrogen and oxygen atoms in total. The van der Waals surface area contributed by atoms with Crippen LogP contribution in [0.3, 0.4) is 0 Å². The van der Waals surface area contributed by atoms with Crippen molar-refractivity contribution >= 4 is 17.7 Å². The number of alkyl halides is 3. The molecule has 1 aromatic rings. The van der Waals surface area contributed by atoms with Crippen molar-refractivity contribution in [2.24, 2.45) is 5.92 Å². The van der Waals surface area contributed by atoms with Gasteiger partial charge in [0.05, 0.1) is 23.1 Å². The molecule has 148 valence electrons. The van der Waals surface area contributed by atoms with E-state index in [1.54, 1.807) is 0 Å². The summed E-state index contributed by atoms with van der Waals surface area (Å²) in [5.74, 6) is -3.87. The van der Waals surface area contributed by atoms with Crippen molar-refractivity contribution in [2.75, 3.05) is 13.7 Å². The number of ether oxygens (including phenoxy) is 1. The lowest BCUT2D eigenvalue weighted by atomic mass is 9.80. The first kappa shape index (κ1) is 20.4. The van der Waals surface area contributed by atoms with Crippen molar-refractivity contribution in [3.63, 3.8) is 0 Å². The molecule has 2 N–H and O–H groups in total. The lowest BCUT2D eigenvalue weighted by Gasteiger charge is -2.48. The molecule has 0 aliphatic carbocycles. The van der Waals surface area contributed by atoms with Gasteiger partial charge in [0.2, 0.25) is 0 Å². The Hall–Kier alpha value is -2.89. The van der Waals surface area contributed by atoms with Gasteiger partial charge in [0.1, 0.15) is 5.92 Å². The zero-order valence-corrected chi connectivity index (χ0v) is 14.2. The lowest BCUT2D eigenvalue weighted by molar-refractivity contribution is -0.386. The van der Waals surface area contributed by atoms with Gasteiger partial charge in [0.15, 0.2) is 0 Å². The van der Waals surface area contributed by atoms with Crippen molar-refractivity contribution in [1.29, 1.82) is 0 Å². The topological polar surface area (TPSA) is 122 Å². The second-order valence-electron chi connectivity index (χ2n) is 5.76. The van der Waals surface area contributed by atoms with Crippen LogP contribution < -0.4 is 5.32 Å². The summed E-state index contributed by atoms with van der Waals surface area (Å²) < 4.78 is 45.9. The summed E-state index contributed by atoms with van der Waals surface area (Å²) >= 11 is 0. The van der Waals surface area contributed by atoms with Crippen LogP contribution in [0.4, 0.5) is 23.7 Å². The van der Waals surface area contributed by atoms with E-state index in [4.69, 9.17) is 0 Å². The van der Waals surface area contributed by atoms with Crippen molar-refractivity contribution in [3.8, 4) is 0 Å². The molecule has 12 heteroatoms. The minimum absolute atomic E-state index is 0.0696. The van der Waals surface area contributed by atoms with Crippen molar-refractivity contribution in [3.05, 3.63) is 39.9 Å². The average molecular weight is 391 g/mol. The van der Waals surface area contributed by atoms with E-state index in [1.165, 1.54) is 19.1 Å². The van der Waals surface area contributed by atoms with Gasteiger partial charge >= 0.3 is 18.2 Å². The molecule has 0 radical (unpaired) electrons. The molecular weight excluding hydrogens is 375 g/mol. The van der Waals surface area contributed by atoms with Crippen LogP contribution in [0.15, 0.2) is 24.3 Å². The Labute approximate surface area is 150 Å². The maximum atomic E-state index is 13.7. The highest BCUT2D eigenvalue weighted by molar-refractivity contribution is 5.83. The number of rotatable bonds is 4. The molecule has 2 rings (SSSR count). The molecule has 1 aliphatic heterocycles. The SMILES string of the molecule is CCOC(=O)[C@@H]1[C@@H](c2ccccc2[N+](=O)[O-])NC(=O)N(C)[C@@]1(O)C(F)(F)F. The maximum absolute atomic E-state index is 13.7. The third kappa shape index (κ3) is 3.27. The fraction of sp³-hybridized carbons (Fsp3) is 0.467. The Bertz CT molecular complexity index is 771. The summed E-state index contributed by atoms with van der Waals surface area (Å²) in [4.78, 5) is 34.7. The number of nitrogens with one attached hydrogen (secondary N) is 1. The predicted molar refractivity (Wildman–Crippen MR) is 83.3 cm³/mol. The molecule has 1 saturated heterocycles. The molecule has 1 aliphatic rings. The van der Waals surface area contributed by atoms with E-state index in [9.17, 15) is 38.0 Å². The number of nitro groups is 1.